The molecule has 4 fully saturated rings. The number of rotatable bonds is 14. The van der Waals surface area contributed by atoms with E-state index < -0.39 is 59.0 Å². The van der Waals surface area contributed by atoms with Crippen LogP contribution in [0.15, 0.2) is 18.6 Å². The zero-order chi connectivity index (χ0) is 36.4. The first kappa shape index (κ1) is 37.4. The highest BCUT2D eigenvalue weighted by molar-refractivity contribution is 6.38. The van der Waals surface area contributed by atoms with Gasteiger partial charge in [0.15, 0.2) is 0 Å². The average Bonchev–Trinajstić information content (AvgIpc) is 3.95. The Morgan fingerprint density at radius 1 is 0.960 bits per heavy atom. The maximum Gasteiger partial charge on any atom is 0.289 e. The summed E-state index contributed by atoms with van der Waals surface area (Å²) in [6.45, 7) is 12.3. The fourth-order valence-electron chi connectivity index (χ4n) is 8.02. The minimum absolute atomic E-state index is 0.0743. The zero-order valence-corrected chi connectivity index (χ0v) is 30.4. The van der Waals surface area contributed by atoms with Gasteiger partial charge < -0.3 is 26.2 Å². The Morgan fingerprint density at radius 3 is 2.26 bits per heavy atom. The predicted octanol–water partition coefficient (Wildman–Crippen LogP) is 2.55. The average molecular weight is 694 g/mol. The molecule has 1 aliphatic heterocycles. The van der Waals surface area contributed by atoms with Crippen molar-refractivity contribution in [1.82, 2.24) is 36.1 Å². The summed E-state index contributed by atoms with van der Waals surface area (Å²) in [6.07, 6.45) is 11.6. The van der Waals surface area contributed by atoms with E-state index in [0.717, 1.165) is 44.9 Å². The molecule has 0 bridgehead atoms. The summed E-state index contributed by atoms with van der Waals surface area (Å²) in [7, 11) is 0. The van der Waals surface area contributed by atoms with Crippen molar-refractivity contribution in [3.63, 3.8) is 0 Å². The van der Waals surface area contributed by atoms with Crippen LogP contribution in [0.1, 0.15) is 110 Å². The van der Waals surface area contributed by atoms with Gasteiger partial charge in [0.05, 0.1) is 12.2 Å². The number of aromatic nitrogens is 2. The Kier molecular flexibility index (Phi) is 11.3. The molecule has 3 aliphatic carbocycles. The van der Waals surface area contributed by atoms with Crippen LogP contribution in [-0.2, 0) is 24.0 Å². The maximum atomic E-state index is 14.6. The van der Waals surface area contributed by atoms with Crippen molar-refractivity contribution in [2.24, 2.45) is 34.5 Å². The van der Waals surface area contributed by atoms with Crippen molar-refractivity contribution in [2.75, 3.05) is 13.1 Å². The Bertz CT molecular complexity index is 1450. The number of amides is 5. The Labute approximate surface area is 295 Å². The van der Waals surface area contributed by atoms with E-state index in [0.29, 0.717) is 25.9 Å². The van der Waals surface area contributed by atoms with Crippen molar-refractivity contribution in [3.8, 4) is 0 Å². The van der Waals surface area contributed by atoms with Crippen LogP contribution < -0.4 is 21.3 Å². The van der Waals surface area contributed by atoms with Gasteiger partial charge in [0.1, 0.15) is 23.8 Å². The summed E-state index contributed by atoms with van der Waals surface area (Å²) in [6, 6.07) is -3.73. The van der Waals surface area contributed by atoms with E-state index in [1.54, 1.807) is 4.90 Å². The number of hydrogen-bond acceptors (Lipinski definition) is 8. The van der Waals surface area contributed by atoms with E-state index in [2.05, 4.69) is 45.1 Å². The number of nitrogens with zero attached hydrogens (tertiary/aromatic N) is 3. The van der Waals surface area contributed by atoms with Gasteiger partial charge in [-0.05, 0) is 60.2 Å². The largest absolute Gasteiger partial charge is 0.349 e. The molecular formula is C37H55N7O6. The quantitative estimate of drug-likeness (QED) is 0.215. The minimum atomic E-state index is -1.01. The van der Waals surface area contributed by atoms with E-state index in [1.807, 2.05) is 27.7 Å². The molecule has 6 atom stereocenters. The summed E-state index contributed by atoms with van der Waals surface area (Å²) >= 11 is 0. The van der Waals surface area contributed by atoms with Gasteiger partial charge in [0.2, 0.25) is 23.5 Å². The molecule has 13 heteroatoms. The normalized spacial score (nSPS) is 24.6. The van der Waals surface area contributed by atoms with Gasteiger partial charge >= 0.3 is 0 Å². The van der Waals surface area contributed by atoms with Crippen molar-refractivity contribution in [2.45, 2.75) is 123 Å². The smallest absolute Gasteiger partial charge is 0.289 e. The summed E-state index contributed by atoms with van der Waals surface area (Å²) < 4.78 is 0. The molecule has 274 valence electrons. The number of Topliss-reactive ketones (excluding diaryl/α,β-unsaturated/α-hetero) is 1. The van der Waals surface area contributed by atoms with Gasteiger partial charge in [0, 0.05) is 25.5 Å². The second-order valence-electron chi connectivity index (χ2n) is 16.5. The lowest BCUT2D eigenvalue weighted by Crippen LogP contribution is -2.63. The van der Waals surface area contributed by atoms with Crippen molar-refractivity contribution in [1.29, 1.82) is 0 Å². The molecule has 0 radical (unpaired) electrons. The Balaban J connectivity index is 1.36. The second kappa shape index (κ2) is 15.1. The number of carbonyl (C=O) groups is 6. The van der Waals surface area contributed by atoms with Crippen LogP contribution >= 0.6 is 0 Å². The van der Waals surface area contributed by atoms with Gasteiger partial charge in [-0.15, -0.1) is 0 Å². The molecule has 1 unspecified atom stereocenters. The van der Waals surface area contributed by atoms with Crippen LogP contribution in [0.25, 0.3) is 0 Å². The third-order valence-electron chi connectivity index (χ3n) is 11.3. The first-order chi connectivity index (χ1) is 23.6. The number of piperidine rings is 1. The van der Waals surface area contributed by atoms with E-state index in [4.69, 9.17) is 0 Å². The summed E-state index contributed by atoms with van der Waals surface area (Å²) in [5, 5.41) is 11.4. The van der Waals surface area contributed by atoms with Crippen LogP contribution in [0.3, 0.4) is 0 Å². The van der Waals surface area contributed by atoms with E-state index >= 15 is 0 Å². The highest BCUT2D eigenvalue weighted by Crippen LogP contribution is 2.65. The standard InChI is InChI=1S/C37H55N7O6/c1-7-15-40-34(49)29(45)24(18-21-13-14-21)41-33(48)28-26-23(37(26,5)6)20-44(28)35(50)30(36(2,3)4)43-32(47)27(22-11-9-8-10-12-22)42-31(46)25-19-38-16-17-39-25/h16-17,19,21-24,26-28,30H,7-15,18,20H2,1-6H3,(H,40,49)(H,41,48)(H,42,46)(H,43,47)/t23-,24?,26-,27-,28-,30+/m0/s1. The highest BCUT2D eigenvalue weighted by Gasteiger charge is 2.70. The molecule has 13 nitrogen and oxygen atoms in total. The number of fused-ring (bicyclic) bond motifs is 1. The molecule has 4 aliphatic rings. The third kappa shape index (κ3) is 8.34. The fraction of sp³-hybridized carbons (Fsp3) is 0.730. The van der Waals surface area contributed by atoms with Gasteiger partial charge in [0.25, 0.3) is 11.8 Å². The molecule has 5 rings (SSSR count). The molecule has 50 heavy (non-hydrogen) atoms. The lowest BCUT2D eigenvalue weighted by Gasteiger charge is -2.39. The Morgan fingerprint density at radius 2 is 1.66 bits per heavy atom. The molecule has 0 spiro atoms. The van der Waals surface area contributed by atoms with Crippen LogP contribution in [-0.4, -0.2) is 87.4 Å². The number of ketones is 1. The number of carbonyl (C=O) groups excluding carboxylic acids is 6. The van der Waals surface area contributed by atoms with Crippen LogP contribution in [0.4, 0.5) is 0 Å². The molecule has 1 aromatic rings. The molecule has 4 N–H and O–H groups in total. The summed E-state index contributed by atoms with van der Waals surface area (Å²) in [5.74, 6) is -3.09. The van der Waals surface area contributed by atoms with E-state index in [1.165, 1.54) is 18.6 Å². The highest BCUT2D eigenvalue weighted by atomic mass is 16.2. The summed E-state index contributed by atoms with van der Waals surface area (Å²) in [4.78, 5) is 91.6. The Hall–Kier alpha value is -3.90. The van der Waals surface area contributed by atoms with Gasteiger partial charge in [-0.1, -0.05) is 73.6 Å². The number of hydrogen-bond donors (Lipinski definition) is 4. The molecule has 5 amide bonds. The lowest BCUT2D eigenvalue weighted by atomic mass is 9.82. The molecular weight excluding hydrogens is 638 g/mol. The number of likely N-dealkylation sites (tertiary alicyclic amines) is 1. The van der Waals surface area contributed by atoms with Crippen LogP contribution in [0, 0.1) is 34.5 Å². The van der Waals surface area contributed by atoms with Gasteiger partial charge in [-0.25, -0.2) is 4.98 Å². The molecule has 2 heterocycles. The zero-order valence-electron chi connectivity index (χ0n) is 30.4. The van der Waals surface area contributed by atoms with E-state index in [-0.39, 0.29) is 40.7 Å². The van der Waals surface area contributed by atoms with E-state index in [9.17, 15) is 28.8 Å². The second-order valence-corrected chi connectivity index (χ2v) is 16.5. The van der Waals surface area contributed by atoms with Gasteiger partial charge in [-0.2, -0.15) is 0 Å². The van der Waals surface area contributed by atoms with Gasteiger partial charge in [-0.3, -0.25) is 33.8 Å². The molecule has 1 aromatic heterocycles. The summed E-state index contributed by atoms with van der Waals surface area (Å²) in [5.41, 5.74) is -0.840. The maximum absolute atomic E-state index is 14.6. The van der Waals surface area contributed by atoms with Crippen molar-refractivity contribution < 1.29 is 28.8 Å². The first-order valence-corrected chi connectivity index (χ1v) is 18.4. The first-order valence-electron chi connectivity index (χ1n) is 18.4. The van der Waals surface area contributed by atoms with Crippen molar-refractivity contribution >= 4 is 35.3 Å². The van der Waals surface area contributed by atoms with Crippen LogP contribution in [0.2, 0.25) is 0 Å². The molecule has 3 saturated carbocycles. The monoisotopic (exact) mass is 693 g/mol. The lowest BCUT2D eigenvalue weighted by molar-refractivity contribution is -0.147. The van der Waals surface area contributed by atoms with Crippen LogP contribution in [0.5, 0.6) is 0 Å². The minimum Gasteiger partial charge on any atom is -0.349 e. The SMILES string of the molecule is CCCNC(=O)C(=O)C(CC1CC1)NC(=O)[C@@H]1[C@@H]2[C@H](CN1C(=O)[C@@H](NC(=O)[C@@H](NC(=O)c1cnccn1)C1CCCCC1)C(C)(C)C)C2(C)C. The topological polar surface area (TPSA) is 180 Å². The molecule has 1 saturated heterocycles. The third-order valence-corrected chi connectivity index (χ3v) is 11.3. The number of nitrogens with one attached hydrogen (secondary N) is 4. The van der Waals surface area contributed by atoms with Crippen molar-refractivity contribution in [3.05, 3.63) is 24.3 Å². The predicted molar refractivity (Wildman–Crippen MR) is 185 cm³/mol. The fourth-order valence-corrected chi connectivity index (χ4v) is 8.02. The molecule has 0 aromatic carbocycles.